The lowest BCUT2D eigenvalue weighted by atomic mass is 10.0. The van der Waals surface area contributed by atoms with Crippen LogP contribution in [0.4, 0.5) is 0 Å². The molecule has 2 rings (SSSR count). The van der Waals surface area contributed by atoms with Gasteiger partial charge in [-0.15, -0.1) is 0 Å². The number of carbonyl (C=O) groups excluding carboxylic acids is 1. The van der Waals surface area contributed by atoms with E-state index in [0.29, 0.717) is 12.0 Å². The minimum absolute atomic E-state index is 0.0572. The smallest absolute Gasteiger partial charge is 0.237 e. The molecule has 3 unspecified atom stereocenters. The van der Waals surface area contributed by atoms with Crippen LogP contribution < -0.4 is 16.0 Å². The summed E-state index contributed by atoms with van der Waals surface area (Å²) in [6.45, 7) is 5.23. The molecule has 0 saturated carbocycles. The molecule has 0 aromatic carbocycles. The van der Waals surface area contributed by atoms with Gasteiger partial charge in [0.1, 0.15) is 0 Å². The third-order valence-corrected chi connectivity index (χ3v) is 3.55. The zero-order chi connectivity index (χ0) is 10.7. The van der Waals surface area contributed by atoms with Crippen LogP contribution in [0.2, 0.25) is 0 Å². The predicted octanol–water partition coefficient (Wildman–Crippen LogP) is -0.147. The van der Waals surface area contributed by atoms with Crippen LogP contribution in [0, 0.1) is 5.92 Å². The molecule has 3 atom stereocenters. The molecule has 0 radical (unpaired) electrons. The van der Waals surface area contributed by atoms with Gasteiger partial charge in [0.25, 0.3) is 0 Å². The summed E-state index contributed by atoms with van der Waals surface area (Å²) in [6.07, 6.45) is 3.29. The first-order chi connectivity index (χ1) is 7.27. The van der Waals surface area contributed by atoms with E-state index in [2.05, 4.69) is 22.9 Å². The van der Waals surface area contributed by atoms with Gasteiger partial charge in [0, 0.05) is 6.04 Å². The Labute approximate surface area is 91.2 Å². The molecule has 2 fully saturated rings. The van der Waals surface area contributed by atoms with Crippen molar-refractivity contribution in [3.8, 4) is 0 Å². The summed E-state index contributed by atoms with van der Waals surface area (Å²) in [5, 5.41) is 9.68. The monoisotopic (exact) mass is 211 g/mol. The highest BCUT2D eigenvalue weighted by atomic mass is 16.2. The fraction of sp³-hybridized carbons (Fsp3) is 0.909. The minimum Gasteiger partial charge on any atom is -0.352 e. The molecule has 2 saturated heterocycles. The maximum Gasteiger partial charge on any atom is 0.237 e. The molecule has 4 nitrogen and oxygen atoms in total. The fourth-order valence-corrected chi connectivity index (χ4v) is 2.45. The molecular formula is C11H21N3O. The highest BCUT2D eigenvalue weighted by Gasteiger charge is 2.27. The first-order valence-electron chi connectivity index (χ1n) is 6.02. The Balaban J connectivity index is 1.77. The Morgan fingerprint density at radius 1 is 1.40 bits per heavy atom. The second kappa shape index (κ2) is 4.94. The molecule has 86 valence electrons. The SMILES string of the molecule is CC(NC(=O)C1CCCN1)C1CCNC1. The summed E-state index contributed by atoms with van der Waals surface area (Å²) in [4.78, 5) is 11.8. The number of rotatable bonds is 3. The molecule has 2 aliphatic rings. The van der Waals surface area contributed by atoms with Crippen molar-refractivity contribution in [3.63, 3.8) is 0 Å². The van der Waals surface area contributed by atoms with Crippen molar-refractivity contribution in [3.05, 3.63) is 0 Å². The van der Waals surface area contributed by atoms with Crippen LogP contribution in [0.15, 0.2) is 0 Å². The highest BCUT2D eigenvalue weighted by molar-refractivity contribution is 5.82. The van der Waals surface area contributed by atoms with E-state index < -0.39 is 0 Å². The zero-order valence-corrected chi connectivity index (χ0v) is 9.38. The van der Waals surface area contributed by atoms with E-state index in [4.69, 9.17) is 0 Å². The average Bonchev–Trinajstić information content (AvgIpc) is 2.91. The van der Waals surface area contributed by atoms with Crippen molar-refractivity contribution in [2.45, 2.75) is 38.3 Å². The number of amides is 1. The van der Waals surface area contributed by atoms with Crippen molar-refractivity contribution in [2.75, 3.05) is 19.6 Å². The van der Waals surface area contributed by atoms with Gasteiger partial charge in [0.15, 0.2) is 0 Å². The lowest BCUT2D eigenvalue weighted by Gasteiger charge is -2.21. The van der Waals surface area contributed by atoms with Gasteiger partial charge in [-0.05, 0) is 51.7 Å². The summed E-state index contributed by atoms with van der Waals surface area (Å²) in [7, 11) is 0. The van der Waals surface area contributed by atoms with Crippen LogP contribution in [0.5, 0.6) is 0 Å². The third kappa shape index (κ3) is 2.69. The number of hydrogen-bond donors (Lipinski definition) is 3. The number of hydrogen-bond acceptors (Lipinski definition) is 3. The van der Waals surface area contributed by atoms with Crippen LogP contribution in [-0.2, 0) is 4.79 Å². The van der Waals surface area contributed by atoms with Gasteiger partial charge in [-0.25, -0.2) is 0 Å². The Hall–Kier alpha value is -0.610. The van der Waals surface area contributed by atoms with Crippen LogP contribution >= 0.6 is 0 Å². The fourth-order valence-electron chi connectivity index (χ4n) is 2.45. The molecule has 4 heteroatoms. The predicted molar refractivity (Wildman–Crippen MR) is 59.6 cm³/mol. The molecule has 0 aromatic heterocycles. The second-order valence-electron chi connectivity index (χ2n) is 4.70. The van der Waals surface area contributed by atoms with Crippen molar-refractivity contribution >= 4 is 5.91 Å². The lowest BCUT2D eigenvalue weighted by molar-refractivity contribution is -0.123. The highest BCUT2D eigenvalue weighted by Crippen LogP contribution is 2.13. The normalized spacial score (nSPS) is 32.9. The summed E-state index contributed by atoms with van der Waals surface area (Å²) >= 11 is 0. The standard InChI is InChI=1S/C11H21N3O/c1-8(9-4-6-12-7-9)14-11(15)10-3-2-5-13-10/h8-10,12-13H,2-7H2,1H3,(H,14,15). The molecule has 2 heterocycles. The Kier molecular flexibility index (Phi) is 3.59. The first-order valence-corrected chi connectivity index (χ1v) is 6.02. The van der Waals surface area contributed by atoms with Gasteiger partial charge in [-0.2, -0.15) is 0 Å². The molecule has 0 aromatic rings. The van der Waals surface area contributed by atoms with Crippen molar-refractivity contribution < 1.29 is 4.79 Å². The number of nitrogens with one attached hydrogen (secondary N) is 3. The van der Waals surface area contributed by atoms with Crippen molar-refractivity contribution in [2.24, 2.45) is 5.92 Å². The van der Waals surface area contributed by atoms with Crippen molar-refractivity contribution in [1.82, 2.24) is 16.0 Å². The maximum absolute atomic E-state index is 11.8. The van der Waals surface area contributed by atoms with Gasteiger partial charge in [-0.1, -0.05) is 0 Å². The molecule has 0 bridgehead atoms. The first kappa shape index (κ1) is 10.9. The summed E-state index contributed by atoms with van der Waals surface area (Å²) in [5.41, 5.74) is 0. The summed E-state index contributed by atoms with van der Waals surface area (Å²) in [6, 6.07) is 0.358. The van der Waals surface area contributed by atoms with Crippen LogP contribution in [-0.4, -0.2) is 37.6 Å². The van der Waals surface area contributed by atoms with Gasteiger partial charge in [0.05, 0.1) is 6.04 Å². The Morgan fingerprint density at radius 2 is 2.27 bits per heavy atom. The van der Waals surface area contributed by atoms with E-state index >= 15 is 0 Å². The van der Waals surface area contributed by atoms with E-state index in [-0.39, 0.29) is 11.9 Å². The van der Waals surface area contributed by atoms with Crippen LogP contribution in [0.25, 0.3) is 0 Å². The van der Waals surface area contributed by atoms with Gasteiger partial charge in [-0.3, -0.25) is 4.79 Å². The van der Waals surface area contributed by atoms with E-state index in [1.807, 2.05) is 0 Å². The van der Waals surface area contributed by atoms with E-state index in [1.165, 1.54) is 6.42 Å². The third-order valence-electron chi connectivity index (χ3n) is 3.55. The van der Waals surface area contributed by atoms with Gasteiger partial charge < -0.3 is 16.0 Å². The second-order valence-corrected chi connectivity index (χ2v) is 4.70. The Morgan fingerprint density at radius 3 is 2.87 bits per heavy atom. The van der Waals surface area contributed by atoms with Gasteiger partial charge in [0.2, 0.25) is 5.91 Å². The minimum atomic E-state index is 0.0572. The van der Waals surface area contributed by atoms with E-state index in [1.54, 1.807) is 0 Å². The molecule has 3 N–H and O–H groups in total. The van der Waals surface area contributed by atoms with E-state index in [9.17, 15) is 4.79 Å². The maximum atomic E-state index is 11.8. The molecule has 0 aliphatic carbocycles. The summed E-state index contributed by atoms with van der Waals surface area (Å²) < 4.78 is 0. The Bertz CT molecular complexity index is 220. The van der Waals surface area contributed by atoms with Crippen LogP contribution in [0.1, 0.15) is 26.2 Å². The van der Waals surface area contributed by atoms with Gasteiger partial charge >= 0.3 is 0 Å². The largest absolute Gasteiger partial charge is 0.352 e. The number of carbonyl (C=O) groups is 1. The molecule has 1 amide bonds. The molecular weight excluding hydrogens is 190 g/mol. The lowest BCUT2D eigenvalue weighted by Crippen LogP contribution is -2.47. The molecule has 15 heavy (non-hydrogen) atoms. The van der Waals surface area contributed by atoms with Crippen molar-refractivity contribution in [1.29, 1.82) is 0 Å². The molecule has 0 spiro atoms. The van der Waals surface area contributed by atoms with Crippen LogP contribution in [0.3, 0.4) is 0 Å². The molecule has 2 aliphatic heterocycles. The van der Waals surface area contributed by atoms with E-state index in [0.717, 1.165) is 32.5 Å². The topological polar surface area (TPSA) is 53.2 Å². The quantitative estimate of drug-likeness (QED) is 0.608. The average molecular weight is 211 g/mol. The zero-order valence-electron chi connectivity index (χ0n) is 9.38. The summed E-state index contributed by atoms with van der Waals surface area (Å²) in [5.74, 6) is 0.794.